The molecule has 3 aromatic rings. The minimum atomic E-state index is -0.152. The second-order valence-electron chi connectivity index (χ2n) is 6.29. The minimum absolute atomic E-state index is 0.152. The Balaban J connectivity index is 1.54. The van der Waals surface area contributed by atoms with Crippen LogP contribution in [0.4, 0.5) is 17.1 Å². The second-order valence-corrected chi connectivity index (χ2v) is 6.29. The van der Waals surface area contributed by atoms with Gasteiger partial charge in [-0.25, -0.2) is 0 Å². The van der Waals surface area contributed by atoms with Crippen molar-refractivity contribution in [3.8, 4) is 0 Å². The van der Waals surface area contributed by atoms with Crippen LogP contribution in [0.3, 0.4) is 0 Å². The van der Waals surface area contributed by atoms with E-state index in [1.165, 1.54) is 11.3 Å². The molecule has 0 aliphatic carbocycles. The molecule has 1 aliphatic heterocycles. The summed E-state index contributed by atoms with van der Waals surface area (Å²) in [7, 11) is 0. The molecule has 1 aromatic heterocycles. The molecule has 4 nitrogen and oxygen atoms in total. The van der Waals surface area contributed by atoms with E-state index in [9.17, 15) is 4.79 Å². The van der Waals surface area contributed by atoms with Crippen LogP contribution >= 0.6 is 0 Å². The van der Waals surface area contributed by atoms with Crippen molar-refractivity contribution in [2.24, 2.45) is 0 Å². The standard InChI is InChI=1S/C21H19N3O/c1-15-13-16-5-2-3-7-20(16)24(15)19-10-8-18(9-11-19)23-21(25)17-6-4-12-22-14-17/h2-12,14-15H,13H2,1H3,(H,23,25). The molecule has 0 bridgehead atoms. The first-order valence-electron chi connectivity index (χ1n) is 8.41. The number of benzene rings is 2. The normalized spacial score (nSPS) is 15.7. The third-order valence-corrected chi connectivity index (χ3v) is 4.53. The third-order valence-electron chi connectivity index (χ3n) is 4.53. The Bertz CT molecular complexity index is 891. The van der Waals surface area contributed by atoms with Crippen molar-refractivity contribution < 1.29 is 4.79 Å². The molecule has 0 spiro atoms. The smallest absolute Gasteiger partial charge is 0.257 e. The summed E-state index contributed by atoms with van der Waals surface area (Å²) in [5.41, 5.74) is 5.11. The Hall–Kier alpha value is -3.14. The Kier molecular flexibility index (Phi) is 3.94. The van der Waals surface area contributed by atoms with E-state index in [0.717, 1.165) is 17.8 Å². The molecule has 25 heavy (non-hydrogen) atoms. The molecule has 1 aliphatic rings. The molecule has 4 rings (SSSR count). The maximum Gasteiger partial charge on any atom is 0.257 e. The number of hydrogen-bond acceptors (Lipinski definition) is 3. The van der Waals surface area contributed by atoms with E-state index in [-0.39, 0.29) is 5.91 Å². The number of carbonyl (C=O) groups excluding carboxylic acids is 1. The summed E-state index contributed by atoms with van der Waals surface area (Å²) in [5.74, 6) is -0.152. The van der Waals surface area contributed by atoms with Crippen LogP contribution in [0.2, 0.25) is 0 Å². The van der Waals surface area contributed by atoms with Gasteiger partial charge in [-0.3, -0.25) is 9.78 Å². The molecule has 124 valence electrons. The topological polar surface area (TPSA) is 45.2 Å². The minimum Gasteiger partial charge on any atom is -0.338 e. The van der Waals surface area contributed by atoms with Crippen LogP contribution in [0.1, 0.15) is 22.8 Å². The number of fused-ring (bicyclic) bond motifs is 1. The maximum absolute atomic E-state index is 12.2. The van der Waals surface area contributed by atoms with E-state index in [2.05, 4.69) is 58.5 Å². The van der Waals surface area contributed by atoms with Crippen molar-refractivity contribution in [3.63, 3.8) is 0 Å². The molecular weight excluding hydrogens is 310 g/mol. The summed E-state index contributed by atoms with van der Waals surface area (Å²) in [4.78, 5) is 18.5. The lowest BCUT2D eigenvalue weighted by molar-refractivity contribution is 0.102. The number of carbonyl (C=O) groups is 1. The van der Waals surface area contributed by atoms with Gasteiger partial charge in [-0.2, -0.15) is 0 Å². The first-order valence-corrected chi connectivity index (χ1v) is 8.41. The number of para-hydroxylation sites is 1. The molecule has 2 aromatic carbocycles. The fourth-order valence-electron chi connectivity index (χ4n) is 3.36. The van der Waals surface area contributed by atoms with Gasteiger partial charge in [0, 0.05) is 35.5 Å². The van der Waals surface area contributed by atoms with E-state index in [1.807, 2.05) is 12.1 Å². The monoisotopic (exact) mass is 329 g/mol. The average molecular weight is 329 g/mol. The highest BCUT2D eigenvalue weighted by Gasteiger charge is 2.26. The number of amides is 1. The third kappa shape index (κ3) is 2.98. The molecule has 0 radical (unpaired) electrons. The number of pyridine rings is 1. The molecular formula is C21H19N3O. The largest absolute Gasteiger partial charge is 0.338 e. The first kappa shape index (κ1) is 15.4. The molecule has 1 amide bonds. The van der Waals surface area contributed by atoms with E-state index in [0.29, 0.717) is 11.6 Å². The summed E-state index contributed by atoms with van der Waals surface area (Å²) in [6, 6.07) is 20.4. The summed E-state index contributed by atoms with van der Waals surface area (Å²) in [6.45, 7) is 2.23. The number of nitrogens with zero attached hydrogens (tertiary/aromatic N) is 2. The van der Waals surface area contributed by atoms with Gasteiger partial charge in [0.05, 0.1) is 5.56 Å². The molecule has 4 heteroatoms. The van der Waals surface area contributed by atoms with Crippen molar-refractivity contribution >= 4 is 23.0 Å². The Morgan fingerprint density at radius 3 is 2.64 bits per heavy atom. The van der Waals surface area contributed by atoms with Gasteiger partial charge in [0.25, 0.3) is 5.91 Å². The van der Waals surface area contributed by atoms with Crippen LogP contribution in [-0.2, 0) is 6.42 Å². The zero-order valence-corrected chi connectivity index (χ0v) is 14.0. The summed E-state index contributed by atoms with van der Waals surface area (Å²) < 4.78 is 0. The fourth-order valence-corrected chi connectivity index (χ4v) is 3.36. The van der Waals surface area contributed by atoms with Crippen LogP contribution in [0.25, 0.3) is 0 Å². The number of anilines is 3. The predicted molar refractivity (Wildman–Crippen MR) is 100 cm³/mol. The molecule has 2 heterocycles. The number of aromatic nitrogens is 1. The van der Waals surface area contributed by atoms with Gasteiger partial charge in [0.1, 0.15) is 0 Å². The van der Waals surface area contributed by atoms with Crippen molar-refractivity contribution in [1.29, 1.82) is 0 Å². The highest BCUT2D eigenvalue weighted by atomic mass is 16.1. The van der Waals surface area contributed by atoms with Crippen molar-refractivity contribution in [2.75, 3.05) is 10.2 Å². The van der Waals surface area contributed by atoms with Crippen LogP contribution in [-0.4, -0.2) is 16.9 Å². The van der Waals surface area contributed by atoms with Crippen LogP contribution in [0.5, 0.6) is 0 Å². The zero-order valence-electron chi connectivity index (χ0n) is 14.0. The average Bonchev–Trinajstić information content (AvgIpc) is 2.99. The lowest BCUT2D eigenvalue weighted by Gasteiger charge is -2.25. The van der Waals surface area contributed by atoms with Gasteiger partial charge in [-0.05, 0) is 61.4 Å². The summed E-state index contributed by atoms with van der Waals surface area (Å²) >= 11 is 0. The lowest BCUT2D eigenvalue weighted by atomic mass is 10.1. The lowest BCUT2D eigenvalue weighted by Crippen LogP contribution is -2.23. The maximum atomic E-state index is 12.2. The molecule has 0 fully saturated rings. The van der Waals surface area contributed by atoms with E-state index >= 15 is 0 Å². The van der Waals surface area contributed by atoms with Crippen LogP contribution < -0.4 is 10.2 Å². The predicted octanol–water partition coefficient (Wildman–Crippen LogP) is 4.42. The van der Waals surface area contributed by atoms with E-state index in [4.69, 9.17) is 0 Å². The van der Waals surface area contributed by atoms with Gasteiger partial charge in [0.2, 0.25) is 0 Å². The van der Waals surface area contributed by atoms with Gasteiger partial charge in [0.15, 0.2) is 0 Å². The fraction of sp³-hybridized carbons (Fsp3) is 0.143. The molecule has 1 atom stereocenters. The Labute approximate surface area is 147 Å². The van der Waals surface area contributed by atoms with Crippen LogP contribution in [0, 0.1) is 0 Å². The van der Waals surface area contributed by atoms with Gasteiger partial charge >= 0.3 is 0 Å². The van der Waals surface area contributed by atoms with Crippen molar-refractivity contribution in [1.82, 2.24) is 4.98 Å². The second kappa shape index (κ2) is 6.40. The quantitative estimate of drug-likeness (QED) is 0.774. The summed E-state index contributed by atoms with van der Waals surface area (Å²) in [5, 5.41) is 2.91. The summed E-state index contributed by atoms with van der Waals surface area (Å²) in [6.07, 6.45) is 4.27. The molecule has 0 saturated heterocycles. The van der Waals surface area contributed by atoms with Gasteiger partial charge in [-0.15, -0.1) is 0 Å². The highest BCUT2D eigenvalue weighted by molar-refractivity contribution is 6.04. The van der Waals surface area contributed by atoms with Gasteiger partial charge < -0.3 is 10.2 Å². The first-order chi connectivity index (χ1) is 12.2. The molecule has 1 N–H and O–H groups in total. The SMILES string of the molecule is CC1Cc2ccccc2N1c1ccc(NC(=O)c2cccnc2)cc1. The number of rotatable bonds is 3. The van der Waals surface area contributed by atoms with Gasteiger partial charge in [-0.1, -0.05) is 18.2 Å². The number of hydrogen-bond donors (Lipinski definition) is 1. The highest BCUT2D eigenvalue weighted by Crippen LogP contribution is 2.38. The van der Waals surface area contributed by atoms with Crippen molar-refractivity contribution in [3.05, 3.63) is 84.2 Å². The van der Waals surface area contributed by atoms with Crippen LogP contribution in [0.15, 0.2) is 73.1 Å². The zero-order chi connectivity index (χ0) is 17.2. The Morgan fingerprint density at radius 2 is 1.88 bits per heavy atom. The Morgan fingerprint density at radius 1 is 1.08 bits per heavy atom. The van der Waals surface area contributed by atoms with Crippen molar-refractivity contribution in [2.45, 2.75) is 19.4 Å². The van der Waals surface area contributed by atoms with E-state index in [1.54, 1.807) is 24.5 Å². The number of nitrogens with one attached hydrogen (secondary N) is 1. The molecule has 1 unspecified atom stereocenters. The van der Waals surface area contributed by atoms with E-state index < -0.39 is 0 Å². The molecule has 0 saturated carbocycles.